The van der Waals surface area contributed by atoms with E-state index in [9.17, 15) is 0 Å². The normalized spacial score (nSPS) is 60.0. The second-order valence-corrected chi connectivity index (χ2v) is 10.9. The Labute approximate surface area is 140 Å². The van der Waals surface area contributed by atoms with E-state index in [2.05, 4.69) is 36.7 Å². The second kappa shape index (κ2) is 4.99. The summed E-state index contributed by atoms with van der Waals surface area (Å²) >= 11 is 3.98. The van der Waals surface area contributed by atoms with Crippen LogP contribution in [0, 0.1) is 40.4 Å². The van der Waals surface area contributed by atoms with Crippen molar-refractivity contribution in [3.8, 4) is 0 Å². The molecule has 4 saturated carbocycles. The standard InChI is InChI=1S/C20H33Br/c1-13-4-9-17-16-8-6-14-5-7-15(21)12-20(14,3)18(16)10-11-19(13,17)2/h13-18H,4-12H2,1-3H3/t13-,14?,15?,16+,17+,18+,19-,20+/m1/s1. The lowest BCUT2D eigenvalue weighted by Crippen LogP contribution is -2.53. The van der Waals surface area contributed by atoms with Crippen molar-refractivity contribution in [1.29, 1.82) is 0 Å². The summed E-state index contributed by atoms with van der Waals surface area (Å²) in [5.41, 5.74) is 1.34. The fourth-order valence-electron chi connectivity index (χ4n) is 7.55. The highest BCUT2D eigenvalue weighted by Crippen LogP contribution is 2.67. The maximum atomic E-state index is 3.98. The summed E-state index contributed by atoms with van der Waals surface area (Å²) in [6.45, 7) is 7.87. The molecule has 0 aromatic rings. The summed E-state index contributed by atoms with van der Waals surface area (Å²) in [6.07, 6.45) is 13.6. The molecule has 0 bridgehead atoms. The number of fused-ring (bicyclic) bond motifs is 5. The predicted octanol–water partition coefficient (Wildman–Crippen LogP) is 6.43. The molecule has 0 N–H and O–H groups in total. The van der Waals surface area contributed by atoms with Crippen molar-refractivity contribution in [2.75, 3.05) is 0 Å². The molecular weight excluding hydrogens is 320 g/mol. The average molecular weight is 353 g/mol. The molecule has 4 fully saturated rings. The molecule has 0 saturated heterocycles. The molecule has 0 radical (unpaired) electrons. The monoisotopic (exact) mass is 352 g/mol. The van der Waals surface area contributed by atoms with Crippen LogP contribution in [0.3, 0.4) is 0 Å². The van der Waals surface area contributed by atoms with Gasteiger partial charge in [-0.05, 0) is 98.2 Å². The summed E-state index contributed by atoms with van der Waals surface area (Å²) in [4.78, 5) is 0.799. The van der Waals surface area contributed by atoms with E-state index in [0.717, 1.165) is 34.4 Å². The van der Waals surface area contributed by atoms with Crippen LogP contribution in [0.25, 0.3) is 0 Å². The first-order chi connectivity index (χ1) is 9.95. The van der Waals surface area contributed by atoms with Gasteiger partial charge >= 0.3 is 0 Å². The minimum absolute atomic E-state index is 0.655. The molecule has 120 valence electrons. The molecule has 1 heteroatoms. The van der Waals surface area contributed by atoms with Crippen molar-refractivity contribution in [2.24, 2.45) is 40.4 Å². The zero-order valence-electron chi connectivity index (χ0n) is 14.2. The molecule has 2 unspecified atom stereocenters. The quantitative estimate of drug-likeness (QED) is 0.440. The first-order valence-corrected chi connectivity index (χ1v) is 10.5. The van der Waals surface area contributed by atoms with E-state index in [-0.39, 0.29) is 0 Å². The fraction of sp³-hybridized carbons (Fsp3) is 1.00. The molecular formula is C20H33Br. The molecule has 4 aliphatic rings. The molecule has 0 amide bonds. The Morgan fingerprint density at radius 2 is 1.52 bits per heavy atom. The van der Waals surface area contributed by atoms with Crippen LogP contribution in [-0.4, -0.2) is 4.83 Å². The van der Waals surface area contributed by atoms with Gasteiger partial charge in [0.2, 0.25) is 0 Å². The molecule has 0 aromatic heterocycles. The van der Waals surface area contributed by atoms with Gasteiger partial charge in [-0.3, -0.25) is 0 Å². The van der Waals surface area contributed by atoms with E-state index in [4.69, 9.17) is 0 Å². The molecule has 0 spiro atoms. The summed E-state index contributed by atoms with van der Waals surface area (Å²) in [7, 11) is 0. The summed E-state index contributed by atoms with van der Waals surface area (Å²) in [5.74, 6) is 5.17. The largest absolute Gasteiger partial charge is 0.0890 e. The van der Waals surface area contributed by atoms with Crippen molar-refractivity contribution in [3.05, 3.63) is 0 Å². The zero-order valence-corrected chi connectivity index (χ0v) is 15.8. The number of hydrogen-bond donors (Lipinski definition) is 0. The van der Waals surface area contributed by atoms with Crippen LogP contribution in [0.4, 0.5) is 0 Å². The van der Waals surface area contributed by atoms with Gasteiger partial charge in [0, 0.05) is 4.83 Å². The summed E-state index contributed by atoms with van der Waals surface area (Å²) in [5, 5.41) is 0. The van der Waals surface area contributed by atoms with Crippen molar-refractivity contribution in [3.63, 3.8) is 0 Å². The molecule has 8 atom stereocenters. The van der Waals surface area contributed by atoms with Crippen molar-refractivity contribution in [2.45, 2.75) is 83.4 Å². The van der Waals surface area contributed by atoms with Gasteiger partial charge < -0.3 is 0 Å². The lowest BCUT2D eigenvalue weighted by molar-refractivity contribution is -0.108. The Bertz CT molecular complexity index is 418. The van der Waals surface area contributed by atoms with Gasteiger partial charge in [-0.25, -0.2) is 0 Å². The van der Waals surface area contributed by atoms with Crippen LogP contribution in [0.1, 0.15) is 78.6 Å². The van der Waals surface area contributed by atoms with E-state index >= 15 is 0 Å². The Hall–Kier alpha value is 0.480. The first kappa shape index (κ1) is 15.0. The predicted molar refractivity (Wildman–Crippen MR) is 93.6 cm³/mol. The summed E-state index contributed by atoms with van der Waals surface area (Å²) < 4.78 is 0. The SMILES string of the molecule is C[C@@H]1CC[C@H]2[C@@H]3CCC4CCC(Br)C[C@]4(C)[C@H]3CC[C@]12C. The zero-order chi connectivity index (χ0) is 14.8. The maximum Gasteiger partial charge on any atom is 0.0151 e. The lowest BCUT2D eigenvalue weighted by atomic mass is 9.45. The lowest BCUT2D eigenvalue weighted by Gasteiger charge is -2.61. The van der Waals surface area contributed by atoms with Crippen LogP contribution >= 0.6 is 15.9 Å². The molecule has 0 nitrogen and oxygen atoms in total. The third-order valence-electron chi connectivity index (χ3n) is 9.03. The van der Waals surface area contributed by atoms with E-state index in [1.54, 1.807) is 12.8 Å². The van der Waals surface area contributed by atoms with Gasteiger partial charge in [0.05, 0.1) is 0 Å². The van der Waals surface area contributed by atoms with E-state index in [1.165, 1.54) is 44.9 Å². The first-order valence-electron chi connectivity index (χ1n) is 9.59. The molecule has 0 aliphatic heterocycles. The number of halogens is 1. The van der Waals surface area contributed by atoms with Crippen molar-refractivity contribution >= 4 is 15.9 Å². The number of rotatable bonds is 0. The van der Waals surface area contributed by atoms with Crippen molar-refractivity contribution < 1.29 is 0 Å². The maximum absolute atomic E-state index is 3.98. The third kappa shape index (κ3) is 2.05. The summed E-state index contributed by atoms with van der Waals surface area (Å²) in [6, 6.07) is 0. The van der Waals surface area contributed by atoms with Crippen LogP contribution in [0.15, 0.2) is 0 Å². The number of hydrogen-bond acceptors (Lipinski definition) is 0. The van der Waals surface area contributed by atoms with Gasteiger partial charge in [0.1, 0.15) is 0 Å². The van der Waals surface area contributed by atoms with Crippen LogP contribution in [0.5, 0.6) is 0 Å². The highest BCUT2D eigenvalue weighted by Gasteiger charge is 2.59. The van der Waals surface area contributed by atoms with Crippen LogP contribution in [0.2, 0.25) is 0 Å². The van der Waals surface area contributed by atoms with E-state index in [1.807, 2.05) is 0 Å². The molecule has 0 aromatic carbocycles. The van der Waals surface area contributed by atoms with Gasteiger partial charge in [-0.2, -0.15) is 0 Å². The minimum Gasteiger partial charge on any atom is -0.0890 e. The van der Waals surface area contributed by atoms with Gasteiger partial charge in [-0.1, -0.05) is 36.7 Å². The molecule has 4 aliphatic carbocycles. The van der Waals surface area contributed by atoms with Gasteiger partial charge in [0.15, 0.2) is 0 Å². The second-order valence-electron chi connectivity index (χ2n) is 9.56. The van der Waals surface area contributed by atoms with Gasteiger partial charge in [-0.15, -0.1) is 0 Å². The Balaban J connectivity index is 1.64. The van der Waals surface area contributed by atoms with Crippen LogP contribution < -0.4 is 0 Å². The highest BCUT2D eigenvalue weighted by molar-refractivity contribution is 9.09. The Kier molecular flexibility index (Phi) is 3.57. The van der Waals surface area contributed by atoms with E-state index < -0.39 is 0 Å². The molecule has 0 heterocycles. The smallest absolute Gasteiger partial charge is 0.0151 e. The molecule has 4 rings (SSSR count). The number of alkyl halides is 1. The van der Waals surface area contributed by atoms with Crippen LogP contribution in [-0.2, 0) is 0 Å². The van der Waals surface area contributed by atoms with Crippen molar-refractivity contribution in [1.82, 2.24) is 0 Å². The topological polar surface area (TPSA) is 0 Å². The third-order valence-corrected chi connectivity index (χ3v) is 9.81. The van der Waals surface area contributed by atoms with Gasteiger partial charge in [0.25, 0.3) is 0 Å². The average Bonchev–Trinajstić information content (AvgIpc) is 2.74. The fourth-order valence-corrected chi connectivity index (χ4v) is 8.51. The molecule has 21 heavy (non-hydrogen) atoms. The Morgan fingerprint density at radius 1 is 0.810 bits per heavy atom. The highest BCUT2D eigenvalue weighted by atomic mass is 79.9. The minimum atomic E-state index is 0.655. The Morgan fingerprint density at radius 3 is 2.33 bits per heavy atom. The van der Waals surface area contributed by atoms with E-state index in [0.29, 0.717) is 10.8 Å².